The Kier molecular flexibility index (Phi) is 23.3. The largest absolute Gasteiger partial charge is 0.610 e. The normalized spacial score (nSPS) is 25.0. The summed E-state index contributed by atoms with van der Waals surface area (Å²) in [4.78, 5) is 155. The Hall–Kier alpha value is -7.44. The second kappa shape index (κ2) is 29.3. The fraction of sp³-hybridized carbons (Fsp3) is 0.627. The molecule has 2 bridgehead atoms. The predicted octanol–water partition coefficient (Wildman–Crippen LogP) is -3.10. The molecular weight excluding hydrogens is 1080 g/mol. The third-order valence-electron chi connectivity index (χ3n) is 13.8. The zero-order valence-electron chi connectivity index (χ0n) is 46.1. The lowest BCUT2D eigenvalue weighted by atomic mass is 9.93. The fourth-order valence-corrected chi connectivity index (χ4v) is 10.6. The van der Waals surface area contributed by atoms with Gasteiger partial charge in [-0.3, -0.25) is 43.2 Å². The number of phenols is 1. The number of ether oxygens (including phenoxy) is 2. The van der Waals surface area contributed by atoms with Crippen LogP contribution in [0.5, 0.6) is 5.75 Å². The number of nitrogens with one attached hydrogen (secondary N) is 10. The molecule has 1 aromatic heterocycles. The van der Waals surface area contributed by atoms with E-state index >= 15 is 0 Å². The molecule has 0 spiro atoms. The molecule has 1 saturated heterocycles. The van der Waals surface area contributed by atoms with E-state index in [2.05, 4.69) is 52.8 Å². The lowest BCUT2D eigenvalue weighted by Gasteiger charge is -2.33. The second-order valence-electron chi connectivity index (χ2n) is 21.3. The third-order valence-corrected chi connectivity index (χ3v) is 15.2. The Bertz CT molecular complexity index is 2650. The van der Waals surface area contributed by atoms with E-state index in [4.69, 9.17) is 15.2 Å². The Labute approximate surface area is 470 Å². The number of phenolic OH excluding ortho intramolecular Hbond substituents is 1. The Morgan fingerprint density at radius 3 is 2.11 bits per heavy atom. The molecule has 29 nitrogen and oxygen atoms in total. The smallest absolute Gasteiger partial charge is 0.407 e. The van der Waals surface area contributed by atoms with Gasteiger partial charge in [-0.05, 0) is 51.7 Å². The third kappa shape index (κ3) is 18.8. The van der Waals surface area contributed by atoms with Gasteiger partial charge in [0.15, 0.2) is 6.04 Å². The highest BCUT2D eigenvalue weighted by atomic mass is 32.2. The number of hydrogen-bond donors (Lipinski definition) is 14. The van der Waals surface area contributed by atoms with Crippen LogP contribution < -0.4 is 53.6 Å². The van der Waals surface area contributed by atoms with Crippen LogP contribution in [0.25, 0.3) is 10.9 Å². The van der Waals surface area contributed by atoms with Crippen molar-refractivity contribution in [3.63, 3.8) is 0 Å². The maximum Gasteiger partial charge on any atom is 0.407 e. The number of unbranched alkanes of at least 4 members (excludes halogenated alkanes) is 3. The molecule has 4 heterocycles. The van der Waals surface area contributed by atoms with Crippen LogP contribution in [-0.4, -0.2) is 194 Å². The summed E-state index contributed by atoms with van der Waals surface area (Å²) in [6.07, 6.45) is -3.67. The molecule has 3 aliphatic rings. The van der Waals surface area contributed by atoms with Crippen molar-refractivity contribution in [1.29, 1.82) is 0 Å². The number of benzene rings is 1. The van der Waals surface area contributed by atoms with Crippen LogP contribution in [0.3, 0.4) is 0 Å². The average molecular weight is 1160 g/mol. The second-order valence-corrected chi connectivity index (χ2v) is 22.8. The van der Waals surface area contributed by atoms with E-state index < -0.39 is 194 Å². The number of primary amides is 1. The number of aromatic nitrogens is 1. The number of alkyl carbamates (subject to hydrolysis) is 2. The van der Waals surface area contributed by atoms with Crippen molar-refractivity contribution in [2.24, 2.45) is 17.6 Å². The predicted molar refractivity (Wildman–Crippen MR) is 287 cm³/mol. The van der Waals surface area contributed by atoms with Crippen LogP contribution in [0.2, 0.25) is 0 Å². The van der Waals surface area contributed by atoms with Crippen molar-refractivity contribution in [3.8, 4) is 5.75 Å². The molecule has 81 heavy (non-hydrogen) atoms. The minimum absolute atomic E-state index is 0.0469. The number of H-pyrrole nitrogens is 1. The summed E-state index contributed by atoms with van der Waals surface area (Å²) in [6.45, 7) is 7.58. The summed E-state index contributed by atoms with van der Waals surface area (Å²) in [6, 6.07) is -6.38. The molecule has 15 N–H and O–H groups in total. The number of hydrogen-bond acceptors (Lipinski definition) is 17. The van der Waals surface area contributed by atoms with E-state index in [0.29, 0.717) is 38.6 Å². The number of nitrogens with zero attached hydrogens (tertiary/aromatic N) is 1. The van der Waals surface area contributed by atoms with Crippen molar-refractivity contribution in [2.45, 2.75) is 152 Å². The van der Waals surface area contributed by atoms with Gasteiger partial charge in [0, 0.05) is 66.6 Å². The topological polar surface area (TPSA) is 443 Å². The number of aliphatic hydroxyl groups excluding tert-OH is 2. The number of aromatic hydroxyl groups is 1. The maximum absolute atomic E-state index is 14.9. The number of aliphatic hydroxyl groups is 2. The summed E-state index contributed by atoms with van der Waals surface area (Å²) in [5.41, 5.74) is 5.10. The van der Waals surface area contributed by atoms with Gasteiger partial charge >= 0.3 is 12.2 Å². The highest BCUT2D eigenvalue weighted by Crippen LogP contribution is 2.31. The Balaban J connectivity index is 1.53. The van der Waals surface area contributed by atoms with Crippen molar-refractivity contribution in [3.05, 3.63) is 23.8 Å². The first kappa shape index (κ1) is 64.4. The van der Waals surface area contributed by atoms with Gasteiger partial charge < -0.3 is 92.8 Å². The van der Waals surface area contributed by atoms with Crippen LogP contribution >= 0.6 is 0 Å². The van der Waals surface area contributed by atoms with Gasteiger partial charge in [0.05, 0.1) is 37.2 Å². The summed E-state index contributed by atoms with van der Waals surface area (Å²) >= 11 is -2.43. The molecule has 1 aromatic carbocycles. The quantitative estimate of drug-likeness (QED) is 0.0620. The van der Waals surface area contributed by atoms with Crippen LogP contribution in [0.4, 0.5) is 9.59 Å². The van der Waals surface area contributed by atoms with E-state index in [0.717, 1.165) is 4.90 Å². The van der Waals surface area contributed by atoms with Crippen LogP contribution in [0.1, 0.15) is 92.1 Å². The van der Waals surface area contributed by atoms with Gasteiger partial charge in [0.1, 0.15) is 53.9 Å². The zero-order chi connectivity index (χ0) is 59.9. The zero-order valence-corrected chi connectivity index (χ0v) is 46.9. The summed E-state index contributed by atoms with van der Waals surface area (Å²) in [5.74, 6) is -12.5. The van der Waals surface area contributed by atoms with E-state index in [9.17, 15) is 72.6 Å². The number of rotatable bonds is 15. The molecule has 2 unspecified atom stereocenters. The molecule has 1 fully saturated rings. The maximum atomic E-state index is 14.9. The molecule has 11 amide bonds. The minimum atomic E-state index is -2.43. The Morgan fingerprint density at radius 2 is 1.47 bits per heavy atom. The standard InChI is InChI=1S/C51H76N12O17S/c1-7-25(2)40-45(73)56-20-38(68)57-34-24-81(78)47-30(29-13-12-27(64)16-31(29)60-47)18-32(42(70)55-21-39(69)61-40)58-46(74)41(62-44(72)35-17-28(65)22-63(35)48(75)33(19-37(52)67)59-43(34)71)26(3)36(66)23-79-49(76)53-14-10-8-9-11-15-54-50(77)80-51(4,5)6/h12-13,16,25-26,28,32-36,40-41,60,64-66H,7-11,14-15,17-24H2,1-6H3,(H2,52,67)(H,53,76)(H,54,77)(H,55,70)(H,56,73)(H,57,68)(H,58,74)(H,59,71)(H,61,69)(H,62,72)/t25-,26-,28?,32+,33-,34?,35-,36-,40-,41-,81+/m0/s1. The van der Waals surface area contributed by atoms with Crippen molar-refractivity contribution in [1.82, 2.24) is 57.7 Å². The highest BCUT2D eigenvalue weighted by molar-refractivity contribution is 7.91. The molecule has 5 rings (SSSR count). The van der Waals surface area contributed by atoms with E-state index in [1.54, 1.807) is 34.6 Å². The Morgan fingerprint density at radius 1 is 0.827 bits per heavy atom. The molecule has 3 aliphatic heterocycles. The van der Waals surface area contributed by atoms with Gasteiger partial charge in [0.2, 0.25) is 58.2 Å². The molecule has 448 valence electrons. The summed E-state index contributed by atoms with van der Waals surface area (Å²) < 4.78 is 25.3. The lowest BCUT2D eigenvalue weighted by molar-refractivity contribution is -0.144. The van der Waals surface area contributed by atoms with Crippen LogP contribution in [0, 0.1) is 11.8 Å². The molecule has 30 heteroatoms. The van der Waals surface area contributed by atoms with Crippen molar-refractivity contribution in [2.75, 3.05) is 45.1 Å². The number of fused-ring (bicyclic) bond motifs is 5. The first-order valence-electron chi connectivity index (χ1n) is 26.8. The monoisotopic (exact) mass is 1160 g/mol. The van der Waals surface area contributed by atoms with E-state index in [1.807, 2.05) is 0 Å². The van der Waals surface area contributed by atoms with Crippen molar-refractivity contribution < 1.29 is 82.1 Å². The molecule has 0 radical (unpaired) electrons. The van der Waals surface area contributed by atoms with E-state index in [1.165, 1.54) is 25.1 Å². The number of nitrogens with two attached hydrogens (primary N) is 1. The molecule has 2 aromatic rings. The number of amides is 11. The van der Waals surface area contributed by atoms with Gasteiger partial charge in [-0.25, -0.2) is 9.59 Å². The average Bonchev–Trinajstić information content (AvgIpc) is 4.20. The number of aromatic amines is 1. The molecule has 0 saturated carbocycles. The SMILES string of the molecule is CC[C@H](C)[C@@H]1NC(=O)CNC(=O)[C@H]2Cc3c([nH]c4cc(O)ccc34)[S@+]([O-])CC(NC(=O)CNC1=O)C(=O)N[C@@H](CC(N)=O)C(=O)N1CC(O)C[C@H]1C(=O)N[C@@H]([C@@H](C)[C@@H](O)COC(=O)NCCCCCCNC(=O)OC(C)(C)C)C(=O)N2. The first-order chi connectivity index (χ1) is 38.1. The van der Waals surface area contributed by atoms with Crippen LogP contribution in [0.15, 0.2) is 23.2 Å². The summed E-state index contributed by atoms with van der Waals surface area (Å²) in [5, 5.41) is 55.4. The molecule has 0 aliphatic carbocycles. The number of carbonyl (C=O) groups is 11. The van der Waals surface area contributed by atoms with Gasteiger partial charge in [-0.15, -0.1) is 0 Å². The number of carbonyl (C=O) groups excluding carboxylic acids is 11. The van der Waals surface area contributed by atoms with Gasteiger partial charge in [-0.1, -0.05) is 40.0 Å². The first-order valence-corrected chi connectivity index (χ1v) is 28.1. The van der Waals surface area contributed by atoms with Crippen molar-refractivity contribution >= 4 is 87.4 Å². The highest BCUT2D eigenvalue weighted by Gasteiger charge is 2.45. The van der Waals surface area contributed by atoms with Gasteiger partial charge in [-0.2, -0.15) is 0 Å². The lowest BCUT2D eigenvalue weighted by Crippen LogP contribution is -2.62. The molecule has 11 atom stereocenters. The van der Waals surface area contributed by atoms with Crippen LogP contribution in [-0.2, 0) is 70.2 Å². The fourth-order valence-electron chi connectivity index (χ4n) is 9.20. The summed E-state index contributed by atoms with van der Waals surface area (Å²) in [7, 11) is 0. The minimum Gasteiger partial charge on any atom is -0.610 e. The molecular formula is C51H76N12O17S. The van der Waals surface area contributed by atoms with Gasteiger partial charge in [0.25, 0.3) is 0 Å². The van der Waals surface area contributed by atoms with E-state index in [-0.39, 0.29) is 33.8 Å².